The van der Waals surface area contributed by atoms with Crippen molar-refractivity contribution < 1.29 is 28.6 Å². The van der Waals surface area contributed by atoms with Crippen molar-refractivity contribution in [2.75, 3.05) is 13.2 Å². The van der Waals surface area contributed by atoms with Crippen LogP contribution in [0.4, 0.5) is 0 Å². The molecule has 0 rings (SSSR count). The fourth-order valence-corrected chi connectivity index (χ4v) is 9.14. The molecule has 0 aromatic heterocycles. The average molecular weight is 1050 g/mol. The van der Waals surface area contributed by atoms with Gasteiger partial charge in [0.15, 0.2) is 6.10 Å². The van der Waals surface area contributed by atoms with Crippen molar-refractivity contribution in [3.63, 3.8) is 0 Å². The van der Waals surface area contributed by atoms with Gasteiger partial charge in [0.25, 0.3) is 0 Å². The number of carbonyl (C=O) groups excluding carboxylic acids is 3. The van der Waals surface area contributed by atoms with E-state index in [1.807, 2.05) is 0 Å². The molecule has 0 bridgehead atoms. The van der Waals surface area contributed by atoms with Gasteiger partial charge in [0, 0.05) is 19.3 Å². The van der Waals surface area contributed by atoms with Gasteiger partial charge >= 0.3 is 17.9 Å². The summed E-state index contributed by atoms with van der Waals surface area (Å²) in [6.07, 6.45) is 83.2. The lowest BCUT2D eigenvalue weighted by molar-refractivity contribution is -0.167. The molecular weight excluding hydrogens is 925 g/mol. The molecule has 0 fully saturated rings. The Labute approximate surface area is 465 Å². The Kier molecular flexibility index (Phi) is 60.3. The second-order valence-electron chi connectivity index (χ2n) is 21.3. The lowest BCUT2D eigenvalue weighted by Gasteiger charge is -2.18. The molecule has 0 spiro atoms. The van der Waals surface area contributed by atoms with E-state index in [0.717, 1.165) is 89.9 Å². The summed E-state index contributed by atoms with van der Waals surface area (Å²) in [4.78, 5) is 38.2. The first-order valence-corrected chi connectivity index (χ1v) is 32.1. The molecule has 1 atom stereocenters. The predicted octanol–water partition coefficient (Wildman–Crippen LogP) is 21.9. The van der Waals surface area contributed by atoms with Crippen molar-refractivity contribution in [2.24, 2.45) is 0 Å². The minimum Gasteiger partial charge on any atom is -0.462 e. The molecule has 75 heavy (non-hydrogen) atoms. The van der Waals surface area contributed by atoms with E-state index >= 15 is 0 Å². The van der Waals surface area contributed by atoms with Crippen LogP contribution in [0.2, 0.25) is 0 Å². The van der Waals surface area contributed by atoms with Gasteiger partial charge in [0.2, 0.25) is 0 Å². The number of hydrogen-bond donors (Lipinski definition) is 0. The third-order valence-electron chi connectivity index (χ3n) is 13.9. The van der Waals surface area contributed by atoms with Gasteiger partial charge in [0.1, 0.15) is 13.2 Å². The molecule has 0 amide bonds. The third-order valence-corrected chi connectivity index (χ3v) is 13.9. The van der Waals surface area contributed by atoms with E-state index in [4.69, 9.17) is 14.2 Å². The largest absolute Gasteiger partial charge is 0.462 e. The number of rotatable bonds is 58. The van der Waals surface area contributed by atoms with Crippen LogP contribution in [0.15, 0.2) is 85.1 Å². The zero-order valence-electron chi connectivity index (χ0n) is 49.6. The van der Waals surface area contributed by atoms with Gasteiger partial charge in [-0.25, -0.2) is 0 Å². The van der Waals surface area contributed by atoms with Crippen LogP contribution in [0.1, 0.15) is 316 Å². The first-order chi connectivity index (χ1) is 37.0. The number of esters is 3. The Morgan fingerprint density at radius 3 is 0.813 bits per heavy atom. The van der Waals surface area contributed by atoms with Crippen LogP contribution in [-0.2, 0) is 28.6 Å². The highest BCUT2D eigenvalue weighted by Crippen LogP contribution is 2.17. The zero-order chi connectivity index (χ0) is 54.3. The maximum atomic E-state index is 12.9. The minimum atomic E-state index is -0.798. The van der Waals surface area contributed by atoms with Gasteiger partial charge in [-0.1, -0.05) is 311 Å². The van der Waals surface area contributed by atoms with E-state index in [9.17, 15) is 14.4 Å². The average Bonchev–Trinajstić information content (AvgIpc) is 3.41. The Morgan fingerprint density at radius 2 is 0.520 bits per heavy atom. The normalized spacial score (nSPS) is 12.6. The molecule has 0 radical (unpaired) electrons. The fraction of sp³-hybridized carbons (Fsp3) is 0.754. The summed E-state index contributed by atoms with van der Waals surface area (Å²) in [6.45, 7) is 6.51. The van der Waals surface area contributed by atoms with Crippen molar-refractivity contribution in [2.45, 2.75) is 322 Å². The molecule has 0 saturated heterocycles. The van der Waals surface area contributed by atoms with E-state index in [1.165, 1.54) is 180 Å². The summed E-state index contributed by atoms with van der Waals surface area (Å²) in [5.41, 5.74) is 0. The smallest absolute Gasteiger partial charge is 0.306 e. The number of unbranched alkanes of at least 4 members (excludes halogenated alkanes) is 33. The Hall–Kier alpha value is -3.41. The van der Waals surface area contributed by atoms with Gasteiger partial charge < -0.3 is 14.2 Å². The second-order valence-corrected chi connectivity index (χ2v) is 21.3. The van der Waals surface area contributed by atoms with E-state index in [2.05, 4.69) is 106 Å². The standard InChI is InChI=1S/C69H120O6/c1-4-7-10-13-16-19-22-24-26-28-30-32-34-36-38-40-42-44-47-50-53-56-59-62-68(71)74-65-66(64-73-67(70)61-58-55-52-49-46-21-18-15-12-9-6-3)75-69(72)63-60-57-54-51-48-45-43-41-39-37-35-33-31-29-27-25-23-20-17-14-11-8-5-2/h7,10,16,19,24,26,30,32,36,38,42,44,50,53,66H,4-6,8-9,11-15,17-18,20-23,25,27-29,31,33-35,37,39-41,43,45-49,51-52,54-65H2,1-3H3/b10-7-,19-16-,26-24-,32-30-,38-36-,44-42-,53-50-. The molecule has 0 heterocycles. The Morgan fingerprint density at radius 1 is 0.280 bits per heavy atom. The molecule has 0 aliphatic carbocycles. The summed E-state index contributed by atoms with van der Waals surface area (Å²) in [5.74, 6) is -0.939. The monoisotopic (exact) mass is 1040 g/mol. The highest BCUT2D eigenvalue weighted by Gasteiger charge is 2.19. The van der Waals surface area contributed by atoms with Crippen molar-refractivity contribution in [3.05, 3.63) is 85.1 Å². The third kappa shape index (κ3) is 61.3. The van der Waals surface area contributed by atoms with Crippen LogP contribution < -0.4 is 0 Å². The summed E-state index contributed by atoms with van der Waals surface area (Å²) < 4.78 is 16.9. The number of ether oxygens (including phenoxy) is 3. The fourth-order valence-electron chi connectivity index (χ4n) is 9.14. The van der Waals surface area contributed by atoms with Crippen LogP contribution in [-0.4, -0.2) is 37.2 Å². The highest BCUT2D eigenvalue weighted by atomic mass is 16.6. The molecule has 0 N–H and O–H groups in total. The van der Waals surface area contributed by atoms with Gasteiger partial charge in [-0.15, -0.1) is 0 Å². The van der Waals surface area contributed by atoms with Crippen LogP contribution in [0.3, 0.4) is 0 Å². The van der Waals surface area contributed by atoms with E-state index in [1.54, 1.807) is 0 Å². The highest BCUT2D eigenvalue weighted by molar-refractivity contribution is 5.71. The van der Waals surface area contributed by atoms with E-state index in [-0.39, 0.29) is 37.5 Å². The molecular formula is C69H120O6. The second kappa shape index (κ2) is 63.1. The topological polar surface area (TPSA) is 78.9 Å². The van der Waals surface area contributed by atoms with Gasteiger partial charge in [-0.05, 0) is 70.6 Å². The first kappa shape index (κ1) is 71.6. The van der Waals surface area contributed by atoms with Crippen LogP contribution >= 0.6 is 0 Å². The number of allylic oxidation sites excluding steroid dienone is 14. The number of hydrogen-bond acceptors (Lipinski definition) is 6. The van der Waals surface area contributed by atoms with Gasteiger partial charge in [-0.3, -0.25) is 14.4 Å². The van der Waals surface area contributed by atoms with Crippen LogP contribution in [0.25, 0.3) is 0 Å². The minimum absolute atomic E-state index is 0.0907. The lowest BCUT2D eigenvalue weighted by atomic mass is 10.0. The Bertz CT molecular complexity index is 1430. The molecule has 432 valence electrons. The van der Waals surface area contributed by atoms with Crippen molar-refractivity contribution in [1.82, 2.24) is 0 Å². The van der Waals surface area contributed by atoms with Crippen molar-refractivity contribution in [3.8, 4) is 0 Å². The lowest BCUT2D eigenvalue weighted by Crippen LogP contribution is -2.30. The zero-order valence-corrected chi connectivity index (χ0v) is 49.6. The molecule has 0 aliphatic rings. The molecule has 6 heteroatoms. The van der Waals surface area contributed by atoms with E-state index < -0.39 is 6.10 Å². The van der Waals surface area contributed by atoms with E-state index in [0.29, 0.717) is 19.3 Å². The molecule has 1 unspecified atom stereocenters. The van der Waals surface area contributed by atoms with Crippen molar-refractivity contribution >= 4 is 17.9 Å². The van der Waals surface area contributed by atoms with Gasteiger partial charge in [-0.2, -0.15) is 0 Å². The maximum Gasteiger partial charge on any atom is 0.306 e. The SMILES string of the molecule is CC/C=C\C/C=C\C/C=C\C/C=C\C/C=C\C/C=C\C/C=C\CCCC(=O)OCC(COC(=O)CCCCCCCCCCCCC)OC(=O)CCCCCCCCCCCCCCCCCCCCCCCCC. The molecule has 0 aromatic carbocycles. The quantitative estimate of drug-likeness (QED) is 0.0261. The molecule has 0 aliphatic heterocycles. The van der Waals surface area contributed by atoms with Crippen LogP contribution in [0.5, 0.6) is 0 Å². The Balaban J connectivity index is 4.35. The molecule has 6 nitrogen and oxygen atoms in total. The number of carbonyl (C=O) groups is 3. The molecule has 0 saturated carbocycles. The first-order valence-electron chi connectivity index (χ1n) is 32.1. The van der Waals surface area contributed by atoms with Crippen molar-refractivity contribution in [1.29, 1.82) is 0 Å². The van der Waals surface area contributed by atoms with Crippen LogP contribution in [0, 0.1) is 0 Å². The summed E-state index contributed by atoms with van der Waals surface area (Å²) in [7, 11) is 0. The van der Waals surface area contributed by atoms with Gasteiger partial charge in [0.05, 0.1) is 0 Å². The summed E-state index contributed by atoms with van der Waals surface area (Å²) >= 11 is 0. The maximum absolute atomic E-state index is 12.9. The summed E-state index contributed by atoms with van der Waals surface area (Å²) in [6, 6.07) is 0. The predicted molar refractivity (Wildman–Crippen MR) is 325 cm³/mol. The molecule has 0 aromatic rings. The summed E-state index contributed by atoms with van der Waals surface area (Å²) in [5, 5.41) is 0.